The zero-order valence-electron chi connectivity index (χ0n) is 16.3. The first-order valence-corrected chi connectivity index (χ1v) is 9.34. The zero-order valence-corrected chi connectivity index (χ0v) is 16.3. The minimum Gasteiger partial charge on any atom is -0.468 e. The van der Waals surface area contributed by atoms with Crippen molar-refractivity contribution in [3.63, 3.8) is 0 Å². The minimum absolute atomic E-state index is 0.283. The SMILES string of the molecule is COC(=O)[C@]1(C)N[C@H](c2ccc(C)cc2)[C@@H]2C(=O)N(c3ccc(F)cc3)C(=O)[C@@H]21. The summed E-state index contributed by atoms with van der Waals surface area (Å²) in [5.74, 6) is -3.70. The van der Waals surface area contributed by atoms with E-state index < -0.39 is 47.0 Å². The van der Waals surface area contributed by atoms with Crippen LogP contribution in [0.3, 0.4) is 0 Å². The number of aryl methyl sites for hydroxylation is 1. The Morgan fingerprint density at radius 3 is 2.28 bits per heavy atom. The Kier molecular flexibility index (Phi) is 4.50. The van der Waals surface area contributed by atoms with Crippen molar-refractivity contribution in [1.29, 1.82) is 0 Å². The van der Waals surface area contributed by atoms with Crippen molar-refractivity contribution in [2.24, 2.45) is 11.8 Å². The molecule has 2 aliphatic heterocycles. The number of ether oxygens (including phenoxy) is 1. The van der Waals surface area contributed by atoms with Crippen molar-refractivity contribution in [3.8, 4) is 0 Å². The summed E-state index contributed by atoms with van der Waals surface area (Å²) in [6.45, 7) is 3.54. The number of hydrogen-bond acceptors (Lipinski definition) is 5. The van der Waals surface area contributed by atoms with E-state index in [1.165, 1.54) is 31.4 Å². The predicted octanol–water partition coefficient (Wildman–Crippen LogP) is 2.52. The molecule has 2 heterocycles. The molecule has 29 heavy (non-hydrogen) atoms. The molecule has 0 saturated carbocycles. The number of hydrogen-bond donors (Lipinski definition) is 1. The van der Waals surface area contributed by atoms with Crippen molar-refractivity contribution in [3.05, 3.63) is 65.5 Å². The fraction of sp³-hybridized carbons (Fsp3) is 0.318. The fourth-order valence-corrected chi connectivity index (χ4v) is 4.44. The number of carbonyl (C=O) groups is 3. The quantitative estimate of drug-likeness (QED) is 0.637. The molecule has 1 N–H and O–H groups in total. The summed E-state index contributed by atoms with van der Waals surface area (Å²) < 4.78 is 18.3. The lowest BCUT2D eigenvalue weighted by atomic mass is 9.80. The zero-order chi connectivity index (χ0) is 20.9. The second-order valence-corrected chi connectivity index (χ2v) is 7.72. The van der Waals surface area contributed by atoms with Gasteiger partial charge < -0.3 is 4.74 Å². The number of halogens is 1. The number of anilines is 1. The number of methoxy groups -OCH3 is 1. The van der Waals surface area contributed by atoms with Gasteiger partial charge in [0.05, 0.1) is 24.6 Å². The number of esters is 1. The lowest BCUT2D eigenvalue weighted by Crippen LogP contribution is -2.54. The van der Waals surface area contributed by atoms with Crippen LogP contribution in [0.5, 0.6) is 0 Å². The highest BCUT2D eigenvalue weighted by Crippen LogP contribution is 2.49. The van der Waals surface area contributed by atoms with Crippen LogP contribution in [0.15, 0.2) is 48.5 Å². The molecule has 0 aliphatic carbocycles. The van der Waals surface area contributed by atoms with E-state index in [9.17, 15) is 18.8 Å². The van der Waals surface area contributed by atoms with Gasteiger partial charge in [0.2, 0.25) is 11.8 Å². The second kappa shape index (κ2) is 6.77. The number of fused-ring (bicyclic) bond motifs is 1. The summed E-state index contributed by atoms with van der Waals surface area (Å²) in [4.78, 5) is 40.4. The van der Waals surface area contributed by atoms with Crippen molar-refractivity contribution < 1.29 is 23.5 Å². The maximum Gasteiger partial charge on any atom is 0.326 e. The largest absolute Gasteiger partial charge is 0.468 e. The molecule has 7 heteroatoms. The predicted molar refractivity (Wildman–Crippen MR) is 103 cm³/mol. The summed E-state index contributed by atoms with van der Waals surface area (Å²) in [6.07, 6.45) is 0. The third-order valence-electron chi connectivity index (χ3n) is 5.92. The van der Waals surface area contributed by atoms with Crippen LogP contribution in [0.25, 0.3) is 0 Å². The first-order chi connectivity index (χ1) is 13.8. The maximum absolute atomic E-state index is 13.4. The van der Waals surface area contributed by atoms with Gasteiger partial charge in [-0.05, 0) is 43.7 Å². The lowest BCUT2D eigenvalue weighted by Gasteiger charge is -2.28. The van der Waals surface area contributed by atoms with E-state index in [-0.39, 0.29) is 5.69 Å². The van der Waals surface area contributed by atoms with E-state index in [2.05, 4.69) is 5.32 Å². The number of nitrogens with zero attached hydrogens (tertiary/aromatic N) is 1. The Labute approximate surface area is 167 Å². The number of carbonyl (C=O) groups excluding carboxylic acids is 3. The number of rotatable bonds is 3. The number of nitrogens with one attached hydrogen (secondary N) is 1. The van der Waals surface area contributed by atoms with Gasteiger partial charge in [0.15, 0.2) is 0 Å². The van der Waals surface area contributed by atoms with Crippen LogP contribution in [-0.2, 0) is 19.1 Å². The average molecular weight is 396 g/mol. The van der Waals surface area contributed by atoms with Gasteiger partial charge in [-0.2, -0.15) is 0 Å². The Hall–Kier alpha value is -3.06. The molecule has 150 valence electrons. The van der Waals surface area contributed by atoms with E-state index in [1.54, 1.807) is 6.92 Å². The van der Waals surface area contributed by atoms with Crippen LogP contribution >= 0.6 is 0 Å². The lowest BCUT2D eigenvalue weighted by molar-refractivity contribution is -0.151. The van der Waals surface area contributed by atoms with Crippen LogP contribution < -0.4 is 10.2 Å². The van der Waals surface area contributed by atoms with E-state index in [4.69, 9.17) is 4.74 Å². The molecule has 0 unspecified atom stereocenters. The summed E-state index contributed by atoms with van der Waals surface area (Å²) in [5, 5.41) is 3.19. The van der Waals surface area contributed by atoms with Crippen molar-refractivity contribution in [1.82, 2.24) is 5.32 Å². The molecule has 2 saturated heterocycles. The van der Waals surface area contributed by atoms with E-state index in [1.807, 2.05) is 31.2 Å². The summed E-state index contributed by atoms with van der Waals surface area (Å²) in [5.41, 5.74) is 0.781. The molecule has 2 fully saturated rings. The number of imide groups is 1. The molecule has 0 spiro atoms. The van der Waals surface area contributed by atoms with Crippen LogP contribution in [0.2, 0.25) is 0 Å². The van der Waals surface area contributed by atoms with E-state index in [0.717, 1.165) is 16.0 Å². The molecule has 0 aromatic heterocycles. The first kappa shape index (κ1) is 19.3. The molecular formula is C22H21FN2O4. The highest BCUT2D eigenvalue weighted by atomic mass is 19.1. The van der Waals surface area contributed by atoms with Gasteiger partial charge in [0, 0.05) is 6.04 Å². The number of benzene rings is 2. The highest BCUT2D eigenvalue weighted by Gasteiger charge is 2.67. The number of amides is 2. The monoisotopic (exact) mass is 396 g/mol. The summed E-state index contributed by atoms with van der Waals surface area (Å²) in [7, 11) is 1.25. The Balaban J connectivity index is 1.81. The van der Waals surface area contributed by atoms with Gasteiger partial charge in [0.25, 0.3) is 0 Å². The minimum atomic E-state index is -1.36. The van der Waals surface area contributed by atoms with Gasteiger partial charge in [-0.3, -0.25) is 19.7 Å². The molecule has 2 aliphatic rings. The normalized spacial score (nSPS) is 28.6. The van der Waals surface area contributed by atoms with Crippen molar-refractivity contribution >= 4 is 23.5 Å². The van der Waals surface area contributed by atoms with Gasteiger partial charge in [-0.25, -0.2) is 9.29 Å². The average Bonchev–Trinajstić information content (AvgIpc) is 3.17. The molecule has 4 atom stereocenters. The van der Waals surface area contributed by atoms with Gasteiger partial charge in [0.1, 0.15) is 11.4 Å². The smallest absolute Gasteiger partial charge is 0.326 e. The third-order valence-corrected chi connectivity index (χ3v) is 5.92. The maximum atomic E-state index is 13.4. The van der Waals surface area contributed by atoms with Crippen LogP contribution in [0, 0.1) is 24.6 Å². The highest BCUT2D eigenvalue weighted by molar-refractivity contribution is 6.24. The molecular weight excluding hydrogens is 375 g/mol. The summed E-state index contributed by atoms with van der Waals surface area (Å²) in [6, 6.07) is 12.2. The molecule has 0 radical (unpaired) electrons. The van der Waals surface area contributed by atoms with Gasteiger partial charge in [-0.1, -0.05) is 29.8 Å². The molecule has 2 amide bonds. The standard InChI is InChI=1S/C22H21FN2O4/c1-12-4-6-13(7-5-12)18-16-17(22(2,24-18)21(28)29-3)20(27)25(19(16)26)15-10-8-14(23)9-11-15/h4-11,16-18,24H,1-3H3/t16-,17-,18-,22-/m1/s1. The first-order valence-electron chi connectivity index (χ1n) is 9.34. The van der Waals surface area contributed by atoms with Crippen molar-refractivity contribution in [2.45, 2.75) is 25.4 Å². The Bertz CT molecular complexity index is 989. The fourth-order valence-electron chi connectivity index (χ4n) is 4.44. The van der Waals surface area contributed by atoms with Crippen LogP contribution in [0.1, 0.15) is 24.1 Å². The van der Waals surface area contributed by atoms with Crippen LogP contribution in [-0.4, -0.2) is 30.4 Å². The second-order valence-electron chi connectivity index (χ2n) is 7.72. The third kappa shape index (κ3) is 2.84. The topological polar surface area (TPSA) is 75.7 Å². The molecule has 6 nitrogen and oxygen atoms in total. The Morgan fingerprint density at radius 1 is 1.07 bits per heavy atom. The van der Waals surface area contributed by atoms with E-state index >= 15 is 0 Å². The van der Waals surface area contributed by atoms with Crippen molar-refractivity contribution in [2.75, 3.05) is 12.0 Å². The Morgan fingerprint density at radius 2 is 1.69 bits per heavy atom. The van der Waals surface area contributed by atoms with Gasteiger partial charge in [-0.15, -0.1) is 0 Å². The summed E-state index contributed by atoms with van der Waals surface area (Å²) >= 11 is 0. The molecule has 2 aromatic rings. The van der Waals surface area contributed by atoms with Gasteiger partial charge >= 0.3 is 5.97 Å². The van der Waals surface area contributed by atoms with Crippen LogP contribution in [0.4, 0.5) is 10.1 Å². The molecule has 2 aromatic carbocycles. The molecule has 4 rings (SSSR count). The van der Waals surface area contributed by atoms with E-state index in [0.29, 0.717) is 0 Å². The molecule has 0 bridgehead atoms.